The molecule has 2 aliphatic rings. The predicted molar refractivity (Wildman–Crippen MR) is 104 cm³/mol. The molecule has 0 radical (unpaired) electrons. The molecule has 4 rings (SSSR count). The van der Waals surface area contributed by atoms with Crippen LogP contribution in [0.1, 0.15) is 35.9 Å². The van der Waals surface area contributed by atoms with Crippen molar-refractivity contribution in [2.24, 2.45) is 0 Å². The molecule has 0 spiro atoms. The number of amides is 2. The first-order chi connectivity index (χ1) is 14.0. The number of fused-ring (bicyclic) bond motifs is 1. The van der Waals surface area contributed by atoms with Gasteiger partial charge < -0.3 is 23.9 Å². The zero-order chi connectivity index (χ0) is 20.4. The SMILES string of the molecule is CC(C)c1ccc(NC(=O)OC2COC3C(NC(=O)c4ccco4)COC23)cc1. The van der Waals surface area contributed by atoms with E-state index in [1.54, 1.807) is 12.1 Å². The highest BCUT2D eigenvalue weighted by Gasteiger charge is 2.50. The van der Waals surface area contributed by atoms with Crippen molar-refractivity contribution in [3.05, 3.63) is 54.0 Å². The first-order valence-corrected chi connectivity index (χ1v) is 9.66. The van der Waals surface area contributed by atoms with Crippen LogP contribution < -0.4 is 10.6 Å². The quantitative estimate of drug-likeness (QED) is 0.801. The molecule has 8 nitrogen and oxygen atoms in total. The highest BCUT2D eigenvalue weighted by Crippen LogP contribution is 2.29. The summed E-state index contributed by atoms with van der Waals surface area (Å²) in [7, 11) is 0. The molecule has 8 heteroatoms. The summed E-state index contributed by atoms with van der Waals surface area (Å²) in [6.45, 7) is 4.71. The second kappa shape index (κ2) is 8.26. The summed E-state index contributed by atoms with van der Waals surface area (Å²) in [6, 6.07) is 10.5. The van der Waals surface area contributed by atoms with Crippen LogP contribution in [0.3, 0.4) is 0 Å². The van der Waals surface area contributed by atoms with Gasteiger partial charge in [-0.15, -0.1) is 0 Å². The Morgan fingerprint density at radius 3 is 2.52 bits per heavy atom. The fourth-order valence-electron chi connectivity index (χ4n) is 3.57. The third kappa shape index (κ3) is 4.28. The van der Waals surface area contributed by atoms with Gasteiger partial charge in [0.15, 0.2) is 11.9 Å². The molecular formula is C21H24N2O6. The highest BCUT2D eigenvalue weighted by atomic mass is 16.6. The second-order valence-electron chi connectivity index (χ2n) is 7.50. The van der Waals surface area contributed by atoms with Crippen LogP contribution in [-0.4, -0.2) is 49.6 Å². The van der Waals surface area contributed by atoms with Gasteiger partial charge in [-0.05, 0) is 35.7 Å². The third-order valence-electron chi connectivity index (χ3n) is 5.15. The Labute approximate surface area is 168 Å². The first kappa shape index (κ1) is 19.5. The Balaban J connectivity index is 1.30. The minimum absolute atomic E-state index is 0.210. The molecule has 2 saturated heterocycles. The second-order valence-corrected chi connectivity index (χ2v) is 7.50. The highest BCUT2D eigenvalue weighted by molar-refractivity contribution is 5.91. The van der Waals surface area contributed by atoms with Crippen LogP contribution in [0, 0.1) is 0 Å². The lowest BCUT2D eigenvalue weighted by atomic mass is 10.0. The maximum atomic E-state index is 12.3. The molecule has 4 unspecified atom stereocenters. The fourth-order valence-corrected chi connectivity index (χ4v) is 3.57. The van der Waals surface area contributed by atoms with E-state index in [1.165, 1.54) is 11.8 Å². The van der Waals surface area contributed by atoms with E-state index in [-0.39, 0.29) is 37.0 Å². The van der Waals surface area contributed by atoms with Crippen molar-refractivity contribution < 1.29 is 28.2 Å². The normalized spacial score (nSPS) is 25.6. The molecule has 1 aromatic carbocycles. The van der Waals surface area contributed by atoms with Crippen LogP contribution in [0.5, 0.6) is 0 Å². The zero-order valence-electron chi connectivity index (χ0n) is 16.3. The number of benzene rings is 1. The number of anilines is 1. The molecule has 154 valence electrons. The number of ether oxygens (including phenoxy) is 3. The van der Waals surface area contributed by atoms with E-state index in [0.29, 0.717) is 11.6 Å². The largest absolute Gasteiger partial charge is 0.459 e. The lowest BCUT2D eigenvalue weighted by molar-refractivity contribution is 0.00860. The lowest BCUT2D eigenvalue weighted by Crippen LogP contribution is -2.44. The molecule has 2 aliphatic heterocycles. The molecule has 0 aliphatic carbocycles. The van der Waals surface area contributed by atoms with Gasteiger partial charge in [-0.1, -0.05) is 26.0 Å². The molecular weight excluding hydrogens is 376 g/mol. The summed E-state index contributed by atoms with van der Waals surface area (Å²) in [4.78, 5) is 24.4. The number of rotatable bonds is 5. The van der Waals surface area contributed by atoms with Crippen molar-refractivity contribution in [1.29, 1.82) is 0 Å². The minimum atomic E-state index is -0.566. The Hall–Kier alpha value is -2.84. The monoisotopic (exact) mass is 400 g/mol. The van der Waals surface area contributed by atoms with Crippen LogP contribution in [-0.2, 0) is 14.2 Å². The van der Waals surface area contributed by atoms with Gasteiger partial charge in [-0.2, -0.15) is 0 Å². The number of carbonyl (C=O) groups is 2. The van der Waals surface area contributed by atoms with Crippen molar-refractivity contribution in [2.75, 3.05) is 18.5 Å². The Morgan fingerprint density at radius 1 is 1.07 bits per heavy atom. The number of carbonyl (C=O) groups excluding carboxylic acids is 2. The van der Waals surface area contributed by atoms with Gasteiger partial charge in [-0.3, -0.25) is 10.1 Å². The molecule has 1 aromatic heterocycles. The van der Waals surface area contributed by atoms with Gasteiger partial charge >= 0.3 is 6.09 Å². The van der Waals surface area contributed by atoms with E-state index < -0.39 is 18.3 Å². The van der Waals surface area contributed by atoms with Gasteiger partial charge in [-0.25, -0.2) is 4.79 Å². The van der Waals surface area contributed by atoms with E-state index in [9.17, 15) is 9.59 Å². The molecule has 29 heavy (non-hydrogen) atoms. The maximum absolute atomic E-state index is 12.3. The van der Waals surface area contributed by atoms with E-state index in [0.717, 1.165) is 0 Å². The average molecular weight is 400 g/mol. The van der Waals surface area contributed by atoms with E-state index in [4.69, 9.17) is 18.6 Å². The maximum Gasteiger partial charge on any atom is 0.412 e. The van der Waals surface area contributed by atoms with Gasteiger partial charge in [0.2, 0.25) is 0 Å². The molecule has 0 bridgehead atoms. The zero-order valence-corrected chi connectivity index (χ0v) is 16.3. The van der Waals surface area contributed by atoms with Crippen LogP contribution in [0.25, 0.3) is 0 Å². The third-order valence-corrected chi connectivity index (χ3v) is 5.15. The van der Waals surface area contributed by atoms with Crippen LogP contribution in [0.2, 0.25) is 0 Å². The summed E-state index contributed by atoms with van der Waals surface area (Å²) in [5.41, 5.74) is 1.85. The number of hydrogen-bond donors (Lipinski definition) is 2. The molecule has 2 amide bonds. The fraction of sp³-hybridized carbons (Fsp3) is 0.429. The molecule has 0 saturated carbocycles. The van der Waals surface area contributed by atoms with Gasteiger partial charge in [0, 0.05) is 5.69 Å². The smallest absolute Gasteiger partial charge is 0.412 e. The van der Waals surface area contributed by atoms with E-state index >= 15 is 0 Å². The summed E-state index contributed by atoms with van der Waals surface area (Å²) < 4.78 is 22.1. The Kier molecular flexibility index (Phi) is 5.55. The molecule has 2 N–H and O–H groups in total. The van der Waals surface area contributed by atoms with Crippen LogP contribution in [0.4, 0.5) is 10.5 Å². The summed E-state index contributed by atoms with van der Waals surface area (Å²) >= 11 is 0. The van der Waals surface area contributed by atoms with E-state index in [1.807, 2.05) is 24.3 Å². The predicted octanol–water partition coefficient (Wildman–Crippen LogP) is 2.92. The number of furan rings is 1. The molecule has 2 aromatic rings. The topological polar surface area (TPSA) is 99.0 Å². The van der Waals surface area contributed by atoms with Crippen molar-refractivity contribution >= 4 is 17.7 Å². The van der Waals surface area contributed by atoms with Gasteiger partial charge in [0.1, 0.15) is 12.2 Å². The summed E-state index contributed by atoms with van der Waals surface area (Å²) in [5.74, 6) is 0.311. The van der Waals surface area contributed by atoms with Crippen molar-refractivity contribution in [2.45, 2.75) is 44.1 Å². The van der Waals surface area contributed by atoms with Crippen molar-refractivity contribution in [1.82, 2.24) is 5.32 Å². The minimum Gasteiger partial charge on any atom is -0.459 e. The van der Waals surface area contributed by atoms with Crippen LogP contribution in [0.15, 0.2) is 47.1 Å². The Bertz CT molecular complexity index is 849. The summed E-state index contributed by atoms with van der Waals surface area (Å²) in [6.07, 6.45) is -0.472. The number of nitrogens with one attached hydrogen (secondary N) is 2. The van der Waals surface area contributed by atoms with Crippen molar-refractivity contribution in [3.8, 4) is 0 Å². The first-order valence-electron chi connectivity index (χ1n) is 9.66. The van der Waals surface area contributed by atoms with Crippen LogP contribution >= 0.6 is 0 Å². The molecule has 4 atom stereocenters. The van der Waals surface area contributed by atoms with E-state index in [2.05, 4.69) is 24.5 Å². The van der Waals surface area contributed by atoms with Gasteiger partial charge in [0.05, 0.1) is 25.5 Å². The van der Waals surface area contributed by atoms with Crippen molar-refractivity contribution in [3.63, 3.8) is 0 Å². The average Bonchev–Trinajstić information content (AvgIpc) is 3.42. The lowest BCUT2D eigenvalue weighted by Gasteiger charge is -2.18. The summed E-state index contributed by atoms with van der Waals surface area (Å²) in [5, 5.41) is 5.56. The van der Waals surface area contributed by atoms with Gasteiger partial charge in [0.25, 0.3) is 5.91 Å². The molecule has 2 fully saturated rings. The Morgan fingerprint density at radius 2 is 1.83 bits per heavy atom. The number of hydrogen-bond acceptors (Lipinski definition) is 6. The standard InChI is InChI=1S/C21H24N2O6/c1-12(2)13-5-7-14(8-6-13)22-21(25)29-17-11-28-18-15(10-27-19(17)18)23-20(24)16-4-3-9-26-16/h3-9,12,15,17-19H,10-11H2,1-2H3,(H,22,25)(H,23,24). The molecule has 3 heterocycles.